The highest BCUT2D eigenvalue weighted by atomic mass is 32.2. The Kier molecular flexibility index (Phi) is 10.2. The molecule has 3 aliphatic rings. The van der Waals surface area contributed by atoms with Gasteiger partial charge in [-0.3, -0.25) is 24.3 Å². The zero-order valence-electron chi connectivity index (χ0n) is 27.8. The molecule has 0 spiro atoms. The molecular weight excluding hydrogens is 611 g/mol. The summed E-state index contributed by atoms with van der Waals surface area (Å²) in [5, 5.41) is 2.60. The summed E-state index contributed by atoms with van der Waals surface area (Å²) in [5.74, 6) is 2.72. The molecule has 1 aromatic heterocycles. The maximum absolute atomic E-state index is 14.1. The van der Waals surface area contributed by atoms with Gasteiger partial charge >= 0.3 is 6.09 Å². The summed E-state index contributed by atoms with van der Waals surface area (Å²) >= 11 is 1.69. The summed E-state index contributed by atoms with van der Waals surface area (Å²) in [4.78, 5) is 50.2. The molecule has 2 fully saturated rings. The number of hydrogen-bond acceptors (Lipinski definition) is 7. The van der Waals surface area contributed by atoms with Crippen LogP contribution in [0.15, 0.2) is 53.4 Å². The van der Waals surface area contributed by atoms with Crippen LogP contribution in [0.4, 0.5) is 22.1 Å². The first-order valence-electron chi connectivity index (χ1n) is 16.8. The van der Waals surface area contributed by atoms with Crippen LogP contribution in [0.2, 0.25) is 0 Å². The average molecular weight is 656 g/mol. The average Bonchev–Trinajstić information content (AvgIpc) is 3.39. The van der Waals surface area contributed by atoms with E-state index in [2.05, 4.69) is 42.5 Å². The molecule has 3 aromatic rings. The second-order valence-electron chi connectivity index (χ2n) is 13.3. The van der Waals surface area contributed by atoms with Crippen molar-refractivity contribution in [3.8, 4) is 0 Å². The zero-order chi connectivity index (χ0) is 33.1. The van der Waals surface area contributed by atoms with Crippen molar-refractivity contribution in [3.63, 3.8) is 0 Å². The van der Waals surface area contributed by atoms with E-state index in [9.17, 15) is 14.4 Å². The fourth-order valence-electron chi connectivity index (χ4n) is 7.16. The predicted molar refractivity (Wildman–Crippen MR) is 187 cm³/mol. The number of fused-ring (bicyclic) bond motifs is 1. The van der Waals surface area contributed by atoms with Gasteiger partial charge in [0.05, 0.1) is 6.54 Å². The molecule has 1 saturated heterocycles. The van der Waals surface area contributed by atoms with Gasteiger partial charge in [-0.05, 0) is 122 Å². The Morgan fingerprint density at radius 2 is 1.89 bits per heavy atom. The Bertz CT molecular complexity index is 1620. The number of amides is 3. The highest BCUT2D eigenvalue weighted by Crippen LogP contribution is 2.44. The van der Waals surface area contributed by atoms with Crippen LogP contribution in [0.5, 0.6) is 0 Å². The number of thioether (sulfide) groups is 1. The van der Waals surface area contributed by atoms with Gasteiger partial charge in [-0.15, -0.1) is 11.8 Å². The van der Waals surface area contributed by atoms with Crippen molar-refractivity contribution < 1.29 is 19.1 Å². The lowest BCUT2D eigenvalue weighted by Crippen LogP contribution is -2.33. The highest BCUT2D eigenvalue weighted by Gasteiger charge is 2.35. The second kappa shape index (κ2) is 14.5. The molecule has 2 aromatic carbocycles. The van der Waals surface area contributed by atoms with Gasteiger partial charge in [0.1, 0.15) is 18.2 Å². The first-order chi connectivity index (χ1) is 22.8. The van der Waals surface area contributed by atoms with E-state index in [4.69, 9.17) is 9.72 Å². The van der Waals surface area contributed by atoms with Gasteiger partial charge in [0.2, 0.25) is 6.41 Å². The first-order valence-corrected chi connectivity index (χ1v) is 18.0. The molecule has 248 valence electrons. The second-order valence-corrected chi connectivity index (χ2v) is 14.2. The molecule has 2 aliphatic heterocycles. The number of piperidine rings is 1. The summed E-state index contributed by atoms with van der Waals surface area (Å²) in [6.45, 7) is 10.4. The van der Waals surface area contributed by atoms with Gasteiger partial charge in [0.25, 0.3) is 5.91 Å². The van der Waals surface area contributed by atoms with E-state index in [0.29, 0.717) is 54.6 Å². The molecule has 1 atom stereocenters. The van der Waals surface area contributed by atoms with Gasteiger partial charge in [-0.1, -0.05) is 26.0 Å². The summed E-state index contributed by atoms with van der Waals surface area (Å²) in [5.41, 5.74) is 5.55. The van der Waals surface area contributed by atoms with E-state index in [1.807, 2.05) is 31.2 Å². The number of rotatable bonds is 11. The molecule has 47 heavy (non-hydrogen) atoms. The predicted octanol–water partition coefficient (Wildman–Crippen LogP) is 7.44. The monoisotopic (exact) mass is 655 g/mol. The Balaban J connectivity index is 1.25. The van der Waals surface area contributed by atoms with Crippen molar-refractivity contribution in [1.29, 1.82) is 0 Å². The minimum absolute atomic E-state index is 0.0418. The minimum atomic E-state index is -0.502. The fourth-order valence-corrected chi connectivity index (χ4v) is 7.85. The number of hydrogen-bond donors (Lipinski definition) is 1. The number of benzene rings is 2. The zero-order valence-corrected chi connectivity index (χ0v) is 28.6. The summed E-state index contributed by atoms with van der Waals surface area (Å²) in [6, 6.07) is 15.5. The van der Waals surface area contributed by atoms with Gasteiger partial charge < -0.3 is 10.1 Å². The minimum Gasteiger partial charge on any atom is -0.444 e. The Hall–Kier alpha value is -3.89. The van der Waals surface area contributed by atoms with Crippen LogP contribution in [0, 0.1) is 11.8 Å². The number of pyridine rings is 1. The SMILES string of the molecule is CCN(C(=O)OCc1ccc(NC=O)cc1)c1cc(C2CC(C)C2)cc(N2Cc3c(SC)cc(CN4CCC[C@H](C)C4)cc3C2=O)n1. The van der Waals surface area contributed by atoms with Crippen molar-refractivity contribution in [3.05, 3.63) is 76.3 Å². The molecule has 6 rings (SSSR count). The lowest BCUT2D eigenvalue weighted by Gasteiger charge is -2.34. The van der Waals surface area contributed by atoms with Crippen LogP contribution in [-0.2, 0) is 29.2 Å². The summed E-state index contributed by atoms with van der Waals surface area (Å²) in [7, 11) is 0. The number of likely N-dealkylation sites (tertiary alicyclic amines) is 1. The quantitative estimate of drug-likeness (QED) is 0.170. The normalized spacial score (nSPS) is 20.8. The number of carbonyl (C=O) groups is 3. The number of aromatic nitrogens is 1. The van der Waals surface area contributed by atoms with Gasteiger partial charge in [0, 0.05) is 35.8 Å². The molecule has 9 nitrogen and oxygen atoms in total. The van der Waals surface area contributed by atoms with Crippen LogP contribution in [0.1, 0.15) is 85.0 Å². The molecule has 1 N–H and O–H groups in total. The Morgan fingerprint density at radius 3 is 2.57 bits per heavy atom. The lowest BCUT2D eigenvalue weighted by atomic mass is 9.72. The maximum Gasteiger partial charge on any atom is 0.415 e. The van der Waals surface area contributed by atoms with E-state index >= 15 is 0 Å². The third-order valence-corrected chi connectivity index (χ3v) is 10.5. The third-order valence-electron chi connectivity index (χ3n) is 9.73. The van der Waals surface area contributed by atoms with Crippen LogP contribution >= 0.6 is 11.8 Å². The molecular formula is C37H45N5O4S. The maximum atomic E-state index is 14.1. The topological polar surface area (TPSA) is 95.1 Å². The van der Waals surface area contributed by atoms with E-state index in [-0.39, 0.29) is 12.5 Å². The highest BCUT2D eigenvalue weighted by molar-refractivity contribution is 7.98. The van der Waals surface area contributed by atoms with Crippen molar-refractivity contribution in [2.24, 2.45) is 11.8 Å². The Morgan fingerprint density at radius 1 is 1.11 bits per heavy atom. The molecule has 3 heterocycles. The van der Waals surface area contributed by atoms with Crippen LogP contribution in [0.25, 0.3) is 0 Å². The van der Waals surface area contributed by atoms with Crippen LogP contribution in [0.3, 0.4) is 0 Å². The fraction of sp³-hybridized carbons (Fsp3) is 0.459. The third kappa shape index (κ3) is 7.33. The lowest BCUT2D eigenvalue weighted by molar-refractivity contribution is -0.105. The van der Waals surface area contributed by atoms with E-state index in [1.165, 1.54) is 23.3 Å². The van der Waals surface area contributed by atoms with Crippen molar-refractivity contribution in [2.45, 2.75) is 77.0 Å². The first kappa shape index (κ1) is 33.0. The van der Waals surface area contributed by atoms with Crippen molar-refractivity contribution in [1.82, 2.24) is 9.88 Å². The van der Waals surface area contributed by atoms with E-state index in [1.54, 1.807) is 28.8 Å². The van der Waals surface area contributed by atoms with Crippen LogP contribution < -0.4 is 15.1 Å². The standard InChI is InChI=1S/C37H45N5O4S/c1-5-41(37(45)46-22-26-8-10-30(11-9-26)38-23-43)34-17-29(28-13-25(3)14-28)18-35(39-34)42-21-32-31(36(42)44)15-27(16-33(32)47-4)20-40-12-6-7-24(2)19-40/h8-11,15-18,23-25,28H,5-7,12-14,19-22H2,1-4H3,(H,38,43)/t24-,25?,28?/m0/s1. The molecule has 0 bridgehead atoms. The summed E-state index contributed by atoms with van der Waals surface area (Å²) in [6.07, 6.45) is 6.82. The van der Waals surface area contributed by atoms with Crippen molar-refractivity contribution >= 4 is 47.5 Å². The smallest absolute Gasteiger partial charge is 0.415 e. The van der Waals surface area contributed by atoms with Gasteiger partial charge in [-0.25, -0.2) is 9.78 Å². The van der Waals surface area contributed by atoms with Crippen LogP contribution in [-0.4, -0.2) is 54.2 Å². The molecule has 0 radical (unpaired) electrons. The van der Waals surface area contributed by atoms with E-state index in [0.717, 1.165) is 59.6 Å². The van der Waals surface area contributed by atoms with Gasteiger partial charge in [-0.2, -0.15) is 0 Å². The molecule has 10 heteroatoms. The van der Waals surface area contributed by atoms with Gasteiger partial charge in [0.15, 0.2) is 0 Å². The largest absolute Gasteiger partial charge is 0.444 e. The Labute approximate surface area is 282 Å². The molecule has 3 amide bonds. The number of nitrogens with one attached hydrogen (secondary N) is 1. The number of carbonyl (C=O) groups excluding carboxylic acids is 3. The number of anilines is 3. The number of nitrogens with zero attached hydrogens (tertiary/aromatic N) is 4. The summed E-state index contributed by atoms with van der Waals surface area (Å²) < 4.78 is 5.71. The number of ether oxygens (including phenoxy) is 1. The van der Waals surface area contributed by atoms with Crippen molar-refractivity contribution in [2.75, 3.05) is 41.0 Å². The molecule has 1 saturated carbocycles. The molecule has 0 unspecified atom stereocenters. The van der Waals surface area contributed by atoms with E-state index < -0.39 is 6.09 Å². The molecule has 1 aliphatic carbocycles.